The van der Waals surface area contributed by atoms with Crippen LogP contribution in [0.25, 0.3) is 22.4 Å². The van der Waals surface area contributed by atoms with Gasteiger partial charge in [-0.2, -0.15) is 0 Å². The number of fused-ring (bicyclic) bond motifs is 1. The maximum absolute atomic E-state index is 12.7. The smallest absolute Gasteiger partial charge is 0.504 e. The van der Waals surface area contributed by atoms with Crippen LogP contribution in [0.4, 0.5) is 0 Å². The zero-order valence-electron chi connectivity index (χ0n) is 19.7. The average molecular weight is 631 g/mol. The van der Waals surface area contributed by atoms with E-state index in [9.17, 15) is 18.1 Å². The van der Waals surface area contributed by atoms with Crippen LogP contribution in [0.5, 0.6) is 0 Å². The molecule has 9 nitrogen and oxygen atoms in total. The molecule has 12 heteroatoms. The predicted octanol–water partition coefficient (Wildman–Crippen LogP) is 4.92. The third kappa shape index (κ3) is 7.37. The van der Waals surface area contributed by atoms with Crippen LogP contribution in [-0.4, -0.2) is 50.8 Å². The second-order valence-electron chi connectivity index (χ2n) is 7.94. The van der Waals surface area contributed by atoms with Gasteiger partial charge in [-0.25, -0.2) is 9.29 Å². The van der Waals surface area contributed by atoms with Crippen LogP contribution in [0.2, 0.25) is 0 Å². The summed E-state index contributed by atoms with van der Waals surface area (Å²) in [4.78, 5) is 17.3. The number of hydrogen-bond acceptors (Lipinski definition) is 7. The van der Waals surface area contributed by atoms with Crippen molar-refractivity contribution >= 4 is 58.9 Å². The van der Waals surface area contributed by atoms with Gasteiger partial charge in [0.15, 0.2) is 6.66 Å². The van der Waals surface area contributed by atoms with Crippen molar-refractivity contribution < 1.29 is 27.1 Å². The molecule has 3 rings (SSSR count). The Morgan fingerprint density at radius 3 is 2.63 bits per heavy atom. The highest BCUT2D eigenvalue weighted by Crippen LogP contribution is 2.34. The van der Waals surface area contributed by atoms with Crippen LogP contribution in [0, 0.1) is 10.5 Å². The fourth-order valence-electron chi connectivity index (χ4n) is 3.54. The predicted molar refractivity (Wildman–Crippen MR) is 143 cm³/mol. The van der Waals surface area contributed by atoms with E-state index in [1.165, 1.54) is 11.0 Å². The number of aromatic nitrogens is 1. The first-order chi connectivity index (χ1) is 16.7. The van der Waals surface area contributed by atoms with Crippen molar-refractivity contribution in [1.29, 1.82) is 0 Å². The second-order valence-corrected chi connectivity index (χ2v) is 11.2. The van der Waals surface area contributed by atoms with E-state index in [1.54, 1.807) is 13.1 Å². The maximum atomic E-state index is 12.7. The summed E-state index contributed by atoms with van der Waals surface area (Å²) in [6, 6.07) is 9.46. The van der Waals surface area contributed by atoms with Gasteiger partial charge in [0.25, 0.3) is 5.91 Å². The molecule has 0 fully saturated rings. The fourth-order valence-corrected chi connectivity index (χ4v) is 5.03. The van der Waals surface area contributed by atoms with Gasteiger partial charge >= 0.3 is 8.03 Å². The third-order valence-electron chi connectivity index (χ3n) is 5.34. The standard InChI is InChI=1S/C23H27IN3O6PS/c1-15-7-9-16(10-8-15)21-20(22(28)25-2)17-13-18(24)19(26-23(17)33-21)14-27(35(30)31)11-5-4-6-12-32-34(3)29/h7-10,13H,4-6,11-12,14H2,1-3H3,(H-,25,28,30,31). The molecule has 0 aliphatic heterocycles. The van der Waals surface area contributed by atoms with E-state index in [0.717, 1.165) is 21.1 Å². The number of amides is 1. The summed E-state index contributed by atoms with van der Waals surface area (Å²) in [5, 5.41) is 3.23. The number of carbonyl (C=O) groups is 1. The molecule has 0 bridgehead atoms. The van der Waals surface area contributed by atoms with Gasteiger partial charge in [-0.15, -0.1) is 4.52 Å². The summed E-state index contributed by atoms with van der Waals surface area (Å²) >= 11 is -0.333. The number of halogens is 1. The molecule has 0 aliphatic rings. The molecule has 0 saturated heterocycles. The molecule has 2 atom stereocenters. The second kappa shape index (κ2) is 13.0. The van der Waals surface area contributed by atoms with Gasteiger partial charge < -0.3 is 14.3 Å². The van der Waals surface area contributed by atoms with Crippen LogP contribution < -0.4 is 5.32 Å². The molecule has 2 unspecified atom stereocenters. The average Bonchev–Trinajstić information content (AvgIpc) is 3.18. The molecule has 0 spiro atoms. The molecule has 0 saturated carbocycles. The molecule has 0 radical (unpaired) electrons. The van der Waals surface area contributed by atoms with Gasteiger partial charge in [0, 0.05) is 34.0 Å². The summed E-state index contributed by atoms with van der Waals surface area (Å²) in [5.41, 5.74) is 3.05. The van der Waals surface area contributed by atoms with Crippen molar-refractivity contribution in [3.63, 3.8) is 0 Å². The number of nitrogens with one attached hydrogen (secondary N) is 1. The normalized spacial score (nSPS) is 12.8. The molecule has 2 aromatic heterocycles. The van der Waals surface area contributed by atoms with Crippen LogP contribution in [-0.2, 0) is 26.9 Å². The van der Waals surface area contributed by atoms with E-state index in [-0.39, 0.29) is 18.2 Å². The van der Waals surface area contributed by atoms with Crippen LogP contribution in [0.3, 0.4) is 0 Å². The molecule has 2 heterocycles. The minimum absolute atomic E-state index is 0.0809. The van der Waals surface area contributed by atoms with Crippen molar-refractivity contribution in [1.82, 2.24) is 14.6 Å². The van der Waals surface area contributed by atoms with E-state index in [4.69, 9.17) is 8.94 Å². The highest BCUT2D eigenvalue weighted by Gasteiger charge is 2.24. The Bertz CT molecular complexity index is 1230. The monoisotopic (exact) mass is 631 g/mol. The van der Waals surface area contributed by atoms with Gasteiger partial charge in [0.2, 0.25) is 5.71 Å². The Hall–Kier alpha value is -1.76. The van der Waals surface area contributed by atoms with Crippen molar-refractivity contribution in [3.05, 3.63) is 50.7 Å². The van der Waals surface area contributed by atoms with Gasteiger partial charge in [-0.05, 0) is 59.4 Å². The van der Waals surface area contributed by atoms with E-state index >= 15 is 0 Å². The number of pyridine rings is 1. The number of rotatable bonds is 12. The summed E-state index contributed by atoms with van der Waals surface area (Å²) in [7, 11) is -0.0625. The molecule has 1 N–H and O–H groups in total. The van der Waals surface area contributed by atoms with E-state index < -0.39 is 19.3 Å². The lowest BCUT2D eigenvalue weighted by Gasteiger charge is -2.24. The summed E-state index contributed by atoms with van der Waals surface area (Å²) < 4.78 is 47.8. The molecular weight excluding hydrogens is 604 g/mol. The Balaban J connectivity index is 1.85. The minimum Gasteiger partial charge on any atom is -0.760 e. The van der Waals surface area contributed by atoms with Gasteiger partial charge in [0.05, 0.1) is 23.2 Å². The summed E-state index contributed by atoms with van der Waals surface area (Å²) in [6.07, 6.45) is 2.08. The third-order valence-corrected chi connectivity index (χ3v) is 7.55. The topological polar surface area (TPSA) is 125 Å². The first-order valence-corrected chi connectivity index (χ1v) is 14.7. The Kier molecular flexibility index (Phi) is 10.3. The zero-order valence-corrected chi connectivity index (χ0v) is 23.6. The van der Waals surface area contributed by atoms with Crippen LogP contribution >= 0.6 is 30.6 Å². The molecular formula is C23H27IN3O6PS. The van der Waals surface area contributed by atoms with Gasteiger partial charge in [0.1, 0.15) is 12.4 Å². The largest absolute Gasteiger partial charge is 0.760 e. The molecule has 0 aliphatic carbocycles. The van der Waals surface area contributed by atoms with Crippen LogP contribution in [0.1, 0.15) is 40.9 Å². The van der Waals surface area contributed by atoms with Crippen LogP contribution in [0.15, 0.2) is 34.7 Å². The molecule has 3 aromatic rings. The van der Waals surface area contributed by atoms with Crippen molar-refractivity contribution in [2.24, 2.45) is 0 Å². The summed E-state index contributed by atoms with van der Waals surface area (Å²) in [6.45, 7) is 4.27. The first-order valence-electron chi connectivity index (χ1n) is 11.0. The molecule has 188 valence electrons. The lowest BCUT2D eigenvalue weighted by molar-refractivity contribution is 0.0964. The fraction of sp³-hybridized carbons (Fsp3) is 0.391. The lowest BCUT2D eigenvalue weighted by atomic mass is 10.0. The number of carbonyl (C=O) groups excluding carboxylic acids is 1. The zero-order chi connectivity index (χ0) is 25.5. The minimum atomic E-state index is -2.43. The number of hydrogen-bond donors (Lipinski definition) is 1. The highest BCUT2D eigenvalue weighted by molar-refractivity contribution is 14.1. The Morgan fingerprint density at radius 1 is 1.29 bits per heavy atom. The quantitative estimate of drug-likeness (QED) is 0.130. The Labute approximate surface area is 221 Å². The van der Waals surface area contributed by atoms with E-state index in [0.29, 0.717) is 48.4 Å². The number of benzene rings is 1. The number of furan rings is 1. The van der Waals surface area contributed by atoms with Crippen molar-refractivity contribution in [3.8, 4) is 11.3 Å². The SMILES string of the molecule is CNC(=O)c1c(-c2ccc(C)cc2)oc2nc(CN(CCCCCO[P+](C)=O)S(=O)[O-])c(I)cc12. The summed E-state index contributed by atoms with van der Waals surface area (Å²) in [5.74, 6) is 0.128. The Morgan fingerprint density at radius 2 is 2.00 bits per heavy atom. The number of nitrogens with zero attached hydrogens (tertiary/aromatic N) is 2. The lowest BCUT2D eigenvalue weighted by Crippen LogP contribution is -2.27. The van der Waals surface area contributed by atoms with E-state index in [1.807, 2.05) is 31.2 Å². The van der Waals surface area contributed by atoms with Gasteiger partial charge in [-0.1, -0.05) is 29.8 Å². The van der Waals surface area contributed by atoms with Crippen molar-refractivity contribution in [2.75, 3.05) is 26.9 Å². The van der Waals surface area contributed by atoms with E-state index in [2.05, 4.69) is 32.9 Å². The van der Waals surface area contributed by atoms with Gasteiger partial charge in [-0.3, -0.25) is 9.00 Å². The number of aryl methyl sites for hydroxylation is 1. The maximum Gasteiger partial charge on any atom is 0.504 e. The highest BCUT2D eigenvalue weighted by atomic mass is 127. The first kappa shape index (κ1) is 27.8. The molecule has 1 aromatic carbocycles. The number of unbranched alkanes of at least 4 members (excludes halogenated alkanes) is 2. The molecule has 35 heavy (non-hydrogen) atoms. The van der Waals surface area contributed by atoms with Crippen molar-refractivity contribution in [2.45, 2.75) is 32.7 Å². The molecule has 1 amide bonds.